The number of carbonyl (C=O) groups is 1. The molecule has 0 aliphatic carbocycles. The summed E-state index contributed by atoms with van der Waals surface area (Å²) in [5, 5.41) is 5.54. The van der Waals surface area contributed by atoms with Gasteiger partial charge in [-0.25, -0.2) is 8.78 Å². The maximum atomic E-state index is 13.5. The zero-order valence-corrected chi connectivity index (χ0v) is 12.5. The Morgan fingerprint density at radius 3 is 2.63 bits per heavy atom. The van der Waals surface area contributed by atoms with Crippen LogP contribution in [-0.4, -0.2) is 18.5 Å². The van der Waals surface area contributed by atoms with Crippen LogP contribution in [0.4, 0.5) is 14.5 Å². The minimum absolute atomic E-state index is 0.0316. The molecule has 0 spiro atoms. The highest BCUT2D eigenvalue weighted by Gasteiger charge is 2.10. The van der Waals surface area contributed by atoms with Crippen LogP contribution >= 0.6 is 15.9 Å². The molecule has 0 atom stereocenters. The summed E-state index contributed by atoms with van der Waals surface area (Å²) in [5.74, 6) is -1.61. The maximum Gasteiger partial charge on any atom is 0.224 e. The molecule has 0 aliphatic rings. The highest BCUT2D eigenvalue weighted by atomic mass is 79.9. The summed E-state index contributed by atoms with van der Waals surface area (Å²) in [6.07, 6.45) is 0.904. The minimum atomic E-state index is -0.665. The summed E-state index contributed by atoms with van der Waals surface area (Å²) >= 11 is 2.88. The lowest BCUT2D eigenvalue weighted by molar-refractivity contribution is -0.116. The van der Waals surface area contributed by atoms with Crippen molar-refractivity contribution in [3.8, 4) is 0 Å². The fraction of sp³-hybridized carbons (Fsp3) is 0.462. The van der Waals surface area contributed by atoms with Gasteiger partial charge in [0.05, 0.1) is 10.2 Å². The number of hydrogen-bond acceptors (Lipinski definition) is 2. The van der Waals surface area contributed by atoms with E-state index in [1.54, 1.807) is 0 Å². The highest BCUT2D eigenvalue weighted by molar-refractivity contribution is 9.10. The number of hydrogen-bond donors (Lipinski definition) is 2. The molecule has 0 unspecified atom stereocenters. The molecule has 1 rings (SSSR count). The first-order chi connectivity index (χ1) is 8.90. The first kappa shape index (κ1) is 16.0. The van der Waals surface area contributed by atoms with Crippen molar-refractivity contribution >= 4 is 27.5 Å². The van der Waals surface area contributed by atoms with Gasteiger partial charge in [0.15, 0.2) is 0 Å². The van der Waals surface area contributed by atoms with Crippen LogP contribution in [0.25, 0.3) is 0 Å². The lowest BCUT2D eigenvalue weighted by atomic mass is 10.2. The summed E-state index contributed by atoms with van der Waals surface area (Å²) in [4.78, 5) is 11.6. The Balaban J connectivity index is 2.46. The van der Waals surface area contributed by atoms with E-state index >= 15 is 0 Å². The van der Waals surface area contributed by atoms with Crippen molar-refractivity contribution < 1.29 is 13.6 Å². The molecule has 0 fully saturated rings. The fourth-order valence-corrected chi connectivity index (χ4v) is 1.79. The zero-order chi connectivity index (χ0) is 14.4. The minimum Gasteiger partial charge on any atom is -0.324 e. The molecule has 1 amide bonds. The van der Waals surface area contributed by atoms with Gasteiger partial charge in [0, 0.05) is 18.5 Å². The number of carbonyl (C=O) groups excluding carboxylic acids is 1. The Hall–Kier alpha value is -1.01. The number of anilines is 1. The van der Waals surface area contributed by atoms with Gasteiger partial charge in [-0.3, -0.25) is 4.79 Å². The first-order valence-electron chi connectivity index (χ1n) is 6.08. The zero-order valence-electron chi connectivity index (χ0n) is 10.9. The Morgan fingerprint density at radius 2 is 2.00 bits per heavy atom. The molecular weight excluding hydrogens is 318 g/mol. The third-order valence-electron chi connectivity index (χ3n) is 2.42. The molecule has 0 aliphatic heterocycles. The Labute approximate surface area is 119 Å². The third-order valence-corrected chi connectivity index (χ3v) is 3.02. The van der Waals surface area contributed by atoms with Crippen LogP contribution in [-0.2, 0) is 4.79 Å². The van der Waals surface area contributed by atoms with Gasteiger partial charge in [-0.15, -0.1) is 0 Å². The molecule has 6 heteroatoms. The van der Waals surface area contributed by atoms with E-state index in [1.807, 2.05) is 13.8 Å². The van der Waals surface area contributed by atoms with Crippen molar-refractivity contribution in [3.05, 3.63) is 28.2 Å². The predicted octanol–water partition coefficient (Wildman–Crippen LogP) is 3.44. The maximum absolute atomic E-state index is 13.5. The molecule has 0 bridgehead atoms. The van der Waals surface area contributed by atoms with Crippen molar-refractivity contribution in [2.45, 2.75) is 32.7 Å². The molecular formula is C13H17BrF2N2O. The Morgan fingerprint density at radius 1 is 1.32 bits per heavy atom. The molecule has 0 saturated heterocycles. The van der Waals surface area contributed by atoms with Gasteiger partial charge >= 0.3 is 0 Å². The summed E-state index contributed by atoms with van der Waals surface area (Å²) in [5.41, 5.74) is -0.137. The van der Waals surface area contributed by atoms with Crippen molar-refractivity contribution in [1.29, 1.82) is 0 Å². The molecule has 19 heavy (non-hydrogen) atoms. The standard InChI is InChI=1S/C13H17BrF2N2O/c1-8(2)17-5-3-4-13(19)18-12-7-10(15)9(14)6-11(12)16/h6-8,17H,3-5H2,1-2H3,(H,18,19). The number of rotatable bonds is 6. The number of nitrogens with one attached hydrogen (secondary N) is 2. The average molecular weight is 335 g/mol. The van der Waals surface area contributed by atoms with Crippen molar-refractivity contribution in [2.24, 2.45) is 0 Å². The largest absolute Gasteiger partial charge is 0.324 e. The monoisotopic (exact) mass is 334 g/mol. The summed E-state index contributed by atoms with van der Waals surface area (Å²) in [6, 6.07) is 2.32. The molecule has 0 heterocycles. The number of benzene rings is 1. The van der Waals surface area contributed by atoms with E-state index in [9.17, 15) is 13.6 Å². The molecule has 106 valence electrons. The lowest BCUT2D eigenvalue weighted by Gasteiger charge is -2.09. The van der Waals surface area contributed by atoms with E-state index in [0.29, 0.717) is 19.0 Å². The predicted molar refractivity (Wildman–Crippen MR) is 75.1 cm³/mol. The van der Waals surface area contributed by atoms with Gasteiger partial charge in [-0.1, -0.05) is 13.8 Å². The summed E-state index contributed by atoms with van der Waals surface area (Å²) in [6.45, 7) is 4.74. The molecule has 0 aromatic heterocycles. The second-order valence-corrected chi connectivity index (χ2v) is 5.36. The van der Waals surface area contributed by atoms with Crippen molar-refractivity contribution in [1.82, 2.24) is 5.32 Å². The molecule has 1 aromatic rings. The van der Waals surface area contributed by atoms with E-state index in [0.717, 1.165) is 12.1 Å². The van der Waals surface area contributed by atoms with Crippen molar-refractivity contribution in [3.63, 3.8) is 0 Å². The van der Waals surface area contributed by atoms with Gasteiger partial charge in [0.2, 0.25) is 5.91 Å². The van der Waals surface area contributed by atoms with E-state index in [1.165, 1.54) is 0 Å². The Bertz CT molecular complexity index is 453. The van der Waals surface area contributed by atoms with Gasteiger partial charge in [-0.05, 0) is 35.0 Å². The first-order valence-corrected chi connectivity index (χ1v) is 6.87. The molecule has 3 nitrogen and oxygen atoms in total. The van der Waals surface area contributed by atoms with Crippen LogP contribution < -0.4 is 10.6 Å². The van der Waals surface area contributed by atoms with Crippen LogP contribution in [0.15, 0.2) is 16.6 Å². The summed E-state index contributed by atoms with van der Waals surface area (Å²) < 4.78 is 26.7. The molecule has 2 N–H and O–H groups in total. The molecule has 0 radical (unpaired) electrons. The van der Waals surface area contributed by atoms with Crippen molar-refractivity contribution in [2.75, 3.05) is 11.9 Å². The SMILES string of the molecule is CC(C)NCCCC(=O)Nc1cc(F)c(Br)cc1F. The number of amides is 1. The highest BCUT2D eigenvalue weighted by Crippen LogP contribution is 2.23. The number of halogens is 3. The fourth-order valence-electron chi connectivity index (χ4n) is 1.47. The van der Waals surface area contributed by atoms with Crippen LogP contribution in [0, 0.1) is 11.6 Å². The van der Waals surface area contributed by atoms with Gasteiger partial charge in [0.1, 0.15) is 11.6 Å². The van der Waals surface area contributed by atoms with Gasteiger partial charge < -0.3 is 10.6 Å². The van der Waals surface area contributed by atoms with Crippen LogP contribution in [0.1, 0.15) is 26.7 Å². The van der Waals surface area contributed by atoms with E-state index < -0.39 is 11.6 Å². The van der Waals surface area contributed by atoms with Gasteiger partial charge in [0.25, 0.3) is 0 Å². The second-order valence-electron chi connectivity index (χ2n) is 4.51. The van der Waals surface area contributed by atoms with Crippen LogP contribution in [0.5, 0.6) is 0 Å². The average Bonchev–Trinajstić information content (AvgIpc) is 2.31. The second kappa shape index (κ2) is 7.55. The summed E-state index contributed by atoms with van der Waals surface area (Å²) in [7, 11) is 0. The lowest BCUT2D eigenvalue weighted by Crippen LogP contribution is -2.24. The normalized spacial score (nSPS) is 10.8. The van der Waals surface area contributed by atoms with E-state index in [2.05, 4.69) is 26.6 Å². The molecule has 0 saturated carbocycles. The van der Waals surface area contributed by atoms with Gasteiger partial charge in [-0.2, -0.15) is 0 Å². The van der Waals surface area contributed by atoms with Crippen LogP contribution in [0.3, 0.4) is 0 Å². The topological polar surface area (TPSA) is 41.1 Å². The smallest absolute Gasteiger partial charge is 0.224 e. The van der Waals surface area contributed by atoms with Crippen LogP contribution in [0.2, 0.25) is 0 Å². The van der Waals surface area contributed by atoms with E-state index in [4.69, 9.17) is 0 Å². The Kier molecular flexibility index (Phi) is 6.37. The molecule has 1 aromatic carbocycles. The quantitative estimate of drug-likeness (QED) is 0.618. The van der Waals surface area contributed by atoms with E-state index in [-0.39, 0.29) is 22.5 Å². The third kappa shape index (κ3) is 5.65.